The minimum Gasteiger partial charge on any atom is -0.493 e. The summed E-state index contributed by atoms with van der Waals surface area (Å²) in [7, 11) is 3.02. The number of nitro groups is 1. The molecule has 0 saturated heterocycles. The lowest BCUT2D eigenvalue weighted by atomic mass is 10.1. The second kappa shape index (κ2) is 9.36. The molecular formula is C19H20N2O7. The fourth-order valence-electron chi connectivity index (χ4n) is 2.52. The molecule has 148 valence electrons. The molecule has 2 rings (SSSR count). The number of hydrogen-bond donors (Lipinski definition) is 1. The van der Waals surface area contributed by atoms with E-state index in [0.29, 0.717) is 17.1 Å². The molecule has 0 radical (unpaired) electrons. The summed E-state index contributed by atoms with van der Waals surface area (Å²) in [6, 6.07) is 9.48. The zero-order chi connectivity index (χ0) is 20.7. The topological polar surface area (TPSA) is 117 Å². The van der Waals surface area contributed by atoms with Gasteiger partial charge in [0.25, 0.3) is 11.6 Å². The van der Waals surface area contributed by atoms with E-state index in [1.54, 1.807) is 18.2 Å². The van der Waals surface area contributed by atoms with Gasteiger partial charge in [0, 0.05) is 12.1 Å². The van der Waals surface area contributed by atoms with Gasteiger partial charge in [0.2, 0.25) is 0 Å². The normalized spacial score (nSPS) is 10.1. The van der Waals surface area contributed by atoms with Crippen LogP contribution in [-0.4, -0.2) is 37.6 Å². The number of nitro benzene ring substituents is 1. The maximum atomic E-state index is 12.1. The Bertz CT molecular complexity index is 896. The Morgan fingerprint density at radius 2 is 1.82 bits per heavy atom. The summed E-state index contributed by atoms with van der Waals surface area (Å²) >= 11 is 0. The molecule has 0 bridgehead atoms. The second-order valence-corrected chi connectivity index (χ2v) is 5.77. The molecule has 2 aromatic rings. The monoisotopic (exact) mass is 388 g/mol. The molecule has 0 fully saturated rings. The van der Waals surface area contributed by atoms with Gasteiger partial charge < -0.3 is 19.5 Å². The van der Waals surface area contributed by atoms with Crippen LogP contribution < -0.4 is 14.8 Å². The number of nitrogens with zero attached hydrogens (tertiary/aromatic N) is 1. The maximum absolute atomic E-state index is 12.1. The highest BCUT2D eigenvalue weighted by Crippen LogP contribution is 2.27. The molecule has 0 heterocycles. The number of benzene rings is 2. The summed E-state index contributed by atoms with van der Waals surface area (Å²) in [4.78, 5) is 34.5. The van der Waals surface area contributed by atoms with Gasteiger partial charge in [-0.2, -0.15) is 0 Å². The first-order chi connectivity index (χ1) is 13.4. The van der Waals surface area contributed by atoms with Crippen LogP contribution in [0.1, 0.15) is 21.5 Å². The van der Waals surface area contributed by atoms with E-state index in [-0.39, 0.29) is 17.8 Å². The first-order valence-corrected chi connectivity index (χ1v) is 8.26. The molecule has 28 heavy (non-hydrogen) atoms. The Morgan fingerprint density at radius 3 is 2.46 bits per heavy atom. The third-order valence-corrected chi connectivity index (χ3v) is 3.91. The van der Waals surface area contributed by atoms with Crippen molar-refractivity contribution in [3.8, 4) is 11.5 Å². The molecule has 9 heteroatoms. The molecule has 0 atom stereocenters. The SMILES string of the molecule is COc1ccc(CNC(=O)COC(=O)c2cccc(C)c2[N+](=O)[O-])cc1OC. The summed E-state index contributed by atoms with van der Waals surface area (Å²) in [5, 5.41) is 13.7. The van der Waals surface area contributed by atoms with Gasteiger partial charge in [-0.05, 0) is 30.7 Å². The van der Waals surface area contributed by atoms with E-state index >= 15 is 0 Å². The number of hydrogen-bond acceptors (Lipinski definition) is 7. The van der Waals surface area contributed by atoms with Crippen molar-refractivity contribution in [3.05, 3.63) is 63.2 Å². The van der Waals surface area contributed by atoms with E-state index in [9.17, 15) is 19.7 Å². The zero-order valence-corrected chi connectivity index (χ0v) is 15.7. The molecule has 0 aliphatic heterocycles. The summed E-state index contributed by atoms with van der Waals surface area (Å²) in [6.07, 6.45) is 0. The molecule has 0 spiro atoms. The van der Waals surface area contributed by atoms with Gasteiger partial charge >= 0.3 is 5.97 Å². The predicted octanol–water partition coefficient (Wildman–Crippen LogP) is 2.39. The van der Waals surface area contributed by atoms with Crippen LogP contribution in [0.4, 0.5) is 5.69 Å². The van der Waals surface area contributed by atoms with Crippen molar-refractivity contribution in [1.29, 1.82) is 0 Å². The molecule has 0 aliphatic carbocycles. The lowest BCUT2D eigenvalue weighted by Gasteiger charge is -2.11. The summed E-state index contributed by atoms with van der Waals surface area (Å²) in [5.41, 5.74) is 0.555. The number of aryl methyl sites for hydroxylation is 1. The van der Waals surface area contributed by atoms with Crippen LogP contribution >= 0.6 is 0 Å². The average molecular weight is 388 g/mol. The number of para-hydroxylation sites is 1. The van der Waals surface area contributed by atoms with Crippen molar-refractivity contribution in [3.63, 3.8) is 0 Å². The highest BCUT2D eigenvalue weighted by atomic mass is 16.6. The van der Waals surface area contributed by atoms with Crippen LogP contribution in [0.25, 0.3) is 0 Å². The van der Waals surface area contributed by atoms with E-state index in [2.05, 4.69) is 5.32 Å². The minimum absolute atomic E-state index is 0.182. The number of nitrogens with one attached hydrogen (secondary N) is 1. The van der Waals surface area contributed by atoms with Crippen molar-refractivity contribution in [2.24, 2.45) is 0 Å². The molecule has 0 saturated carbocycles. The van der Waals surface area contributed by atoms with Crippen molar-refractivity contribution in [2.45, 2.75) is 13.5 Å². The van der Waals surface area contributed by atoms with Crippen molar-refractivity contribution in [1.82, 2.24) is 5.32 Å². The summed E-state index contributed by atoms with van der Waals surface area (Å²) in [6.45, 7) is 1.14. The fraction of sp³-hybridized carbons (Fsp3) is 0.263. The van der Waals surface area contributed by atoms with Gasteiger partial charge in [-0.1, -0.05) is 18.2 Å². The van der Waals surface area contributed by atoms with Crippen LogP contribution in [-0.2, 0) is 16.1 Å². The van der Waals surface area contributed by atoms with Crippen molar-refractivity contribution in [2.75, 3.05) is 20.8 Å². The number of carbonyl (C=O) groups is 2. The Kier molecular flexibility index (Phi) is 6.91. The van der Waals surface area contributed by atoms with E-state index in [1.807, 2.05) is 0 Å². The maximum Gasteiger partial charge on any atom is 0.345 e. The second-order valence-electron chi connectivity index (χ2n) is 5.77. The fourth-order valence-corrected chi connectivity index (χ4v) is 2.52. The van der Waals surface area contributed by atoms with Crippen LogP contribution in [0.15, 0.2) is 36.4 Å². The van der Waals surface area contributed by atoms with Gasteiger partial charge in [-0.15, -0.1) is 0 Å². The highest BCUT2D eigenvalue weighted by molar-refractivity contribution is 5.95. The molecule has 0 aliphatic rings. The van der Waals surface area contributed by atoms with Gasteiger partial charge in [0.15, 0.2) is 18.1 Å². The Balaban J connectivity index is 1.94. The Morgan fingerprint density at radius 1 is 1.11 bits per heavy atom. The van der Waals surface area contributed by atoms with E-state index < -0.39 is 23.4 Å². The number of esters is 1. The third kappa shape index (κ3) is 4.97. The third-order valence-electron chi connectivity index (χ3n) is 3.91. The smallest absolute Gasteiger partial charge is 0.345 e. The van der Waals surface area contributed by atoms with Gasteiger partial charge in [-0.3, -0.25) is 14.9 Å². The molecule has 9 nitrogen and oxygen atoms in total. The van der Waals surface area contributed by atoms with Crippen LogP contribution in [0, 0.1) is 17.0 Å². The average Bonchev–Trinajstić information content (AvgIpc) is 2.69. The van der Waals surface area contributed by atoms with Crippen molar-refractivity contribution < 1.29 is 28.7 Å². The molecule has 0 unspecified atom stereocenters. The van der Waals surface area contributed by atoms with Crippen LogP contribution in [0.5, 0.6) is 11.5 Å². The van der Waals surface area contributed by atoms with Crippen LogP contribution in [0.3, 0.4) is 0 Å². The summed E-state index contributed by atoms with van der Waals surface area (Å²) < 4.78 is 15.2. The quantitative estimate of drug-likeness (QED) is 0.419. The Hall–Kier alpha value is -3.62. The molecule has 1 amide bonds. The Labute approximate surface area is 161 Å². The standard InChI is InChI=1S/C19H20N2O7/c1-12-5-4-6-14(18(12)21(24)25)19(23)28-11-17(22)20-10-13-7-8-15(26-2)16(9-13)27-3/h4-9H,10-11H2,1-3H3,(H,20,22). The molecule has 2 aromatic carbocycles. The number of amides is 1. The largest absolute Gasteiger partial charge is 0.493 e. The van der Waals surface area contributed by atoms with E-state index in [1.165, 1.54) is 39.3 Å². The van der Waals surface area contributed by atoms with E-state index in [4.69, 9.17) is 14.2 Å². The number of rotatable bonds is 8. The molecule has 1 N–H and O–H groups in total. The number of carbonyl (C=O) groups excluding carboxylic acids is 2. The first kappa shape index (κ1) is 20.7. The lowest BCUT2D eigenvalue weighted by Crippen LogP contribution is -2.28. The minimum atomic E-state index is -0.934. The van der Waals surface area contributed by atoms with Crippen molar-refractivity contribution >= 4 is 17.6 Å². The first-order valence-electron chi connectivity index (χ1n) is 8.26. The van der Waals surface area contributed by atoms with Gasteiger partial charge in [-0.25, -0.2) is 4.79 Å². The lowest BCUT2D eigenvalue weighted by molar-refractivity contribution is -0.385. The number of methoxy groups -OCH3 is 2. The molecular weight excluding hydrogens is 368 g/mol. The highest BCUT2D eigenvalue weighted by Gasteiger charge is 2.24. The van der Waals surface area contributed by atoms with Crippen LogP contribution in [0.2, 0.25) is 0 Å². The van der Waals surface area contributed by atoms with E-state index in [0.717, 1.165) is 5.56 Å². The number of ether oxygens (including phenoxy) is 3. The summed E-state index contributed by atoms with van der Waals surface area (Å²) in [5.74, 6) is -0.395. The zero-order valence-electron chi connectivity index (χ0n) is 15.7. The van der Waals surface area contributed by atoms with Gasteiger partial charge in [0.1, 0.15) is 5.56 Å². The predicted molar refractivity (Wildman–Crippen MR) is 99.5 cm³/mol. The molecule has 0 aromatic heterocycles. The van der Waals surface area contributed by atoms with Gasteiger partial charge in [0.05, 0.1) is 19.1 Å².